The molecule has 0 radical (unpaired) electrons. The molecular weight excluding hydrogens is 278 g/mol. The van der Waals surface area contributed by atoms with Gasteiger partial charge < -0.3 is 30.1 Å². The first kappa shape index (κ1) is 17.2. The van der Waals surface area contributed by atoms with Crippen molar-refractivity contribution in [3.63, 3.8) is 0 Å². The third-order valence-electron chi connectivity index (χ3n) is 2.82. The number of hydrogen-bond donors (Lipinski definition) is 4. The number of aliphatic hydroxyl groups excluding tert-OH is 3. The Bertz CT molecular complexity index is 421. The summed E-state index contributed by atoms with van der Waals surface area (Å²) < 4.78 is 10.5. The summed E-state index contributed by atoms with van der Waals surface area (Å²) in [6.45, 7) is 0.423. The molecule has 0 aromatic heterocycles. The van der Waals surface area contributed by atoms with Crippen LogP contribution in [-0.2, 0) is 4.79 Å². The molecule has 0 aliphatic heterocycles. The molecule has 0 heterocycles. The number of aliphatic hydroxyl groups is 3. The van der Waals surface area contributed by atoms with Gasteiger partial charge in [-0.2, -0.15) is 0 Å². The summed E-state index contributed by atoms with van der Waals surface area (Å²) in [5.74, 6) is 0.631. The Labute approximate surface area is 123 Å². The molecule has 1 amide bonds. The van der Waals surface area contributed by atoms with E-state index in [1.54, 1.807) is 24.3 Å². The van der Waals surface area contributed by atoms with Gasteiger partial charge in [-0.15, -0.1) is 0 Å². The molecule has 0 aliphatic rings. The number of amides is 1. The van der Waals surface area contributed by atoms with Crippen LogP contribution >= 0.6 is 0 Å². The second-order valence-corrected chi connectivity index (χ2v) is 4.50. The van der Waals surface area contributed by atoms with E-state index in [0.717, 1.165) is 0 Å². The summed E-state index contributed by atoms with van der Waals surface area (Å²) in [5.41, 5.74) is -1.45. The van der Waals surface area contributed by atoms with E-state index in [4.69, 9.17) is 24.8 Å². The Balaban J connectivity index is 2.49. The number of ether oxygens (including phenoxy) is 2. The van der Waals surface area contributed by atoms with Crippen molar-refractivity contribution in [3.8, 4) is 11.5 Å². The maximum Gasteiger partial charge on any atom is 0.258 e. The molecule has 7 nitrogen and oxygen atoms in total. The lowest BCUT2D eigenvalue weighted by Crippen LogP contribution is -2.58. The molecule has 0 atom stereocenters. The summed E-state index contributed by atoms with van der Waals surface area (Å²) in [4.78, 5) is 11.7. The average molecular weight is 299 g/mol. The van der Waals surface area contributed by atoms with Crippen LogP contribution < -0.4 is 14.8 Å². The Morgan fingerprint density at radius 1 is 1.05 bits per heavy atom. The first-order chi connectivity index (χ1) is 10.1. The topological polar surface area (TPSA) is 108 Å². The lowest BCUT2D eigenvalue weighted by Gasteiger charge is -2.28. The van der Waals surface area contributed by atoms with Crippen LogP contribution in [0.25, 0.3) is 0 Å². The van der Waals surface area contributed by atoms with Gasteiger partial charge in [0.2, 0.25) is 0 Å². The first-order valence-electron chi connectivity index (χ1n) is 6.58. The molecule has 0 fully saturated rings. The van der Waals surface area contributed by atoms with E-state index in [2.05, 4.69) is 5.32 Å². The van der Waals surface area contributed by atoms with Gasteiger partial charge in [-0.05, 0) is 31.2 Å². The summed E-state index contributed by atoms with van der Waals surface area (Å²) in [6, 6.07) is 6.76. The molecule has 0 saturated carbocycles. The van der Waals surface area contributed by atoms with Crippen LogP contribution in [0.3, 0.4) is 0 Å². The Hall–Kier alpha value is -1.83. The third kappa shape index (κ3) is 5.22. The number of hydrogen-bond acceptors (Lipinski definition) is 6. The Morgan fingerprint density at radius 2 is 1.52 bits per heavy atom. The van der Waals surface area contributed by atoms with Crippen molar-refractivity contribution in [1.29, 1.82) is 0 Å². The van der Waals surface area contributed by atoms with Crippen molar-refractivity contribution in [2.24, 2.45) is 0 Å². The second kappa shape index (κ2) is 8.46. The number of nitrogens with one attached hydrogen (secondary N) is 1. The minimum atomic E-state index is -1.45. The SMILES string of the molecule is CCOc1ccc(OCC(=O)NC(CO)(CO)CO)cc1. The fourth-order valence-corrected chi connectivity index (χ4v) is 1.55. The standard InChI is InChI=1S/C14H21NO6/c1-2-20-11-3-5-12(6-4-11)21-7-13(19)15-14(8-16,9-17)10-18/h3-6,16-18H,2,7-10H2,1H3,(H,15,19). The van der Waals surface area contributed by atoms with Gasteiger partial charge in [0.1, 0.15) is 17.0 Å². The Kier molecular flexibility index (Phi) is 6.93. The molecule has 4 N–H and O–H groups in total. The highest BCUT2D eigenvalue weighted by atomic mass is 16.5. The van der Waals surface area contributed by atoms with E-state index >= 15 is 0 Å². The predicted octanol–water partition coefficient (Wildman–Crippen LogP) is -0.704. The molecule has 118 valence electrons. The number of carbonyl (C=O) groups is 1. The summed E-state index contributed by atoms with van der Waals surface area (Å²) in [5, 5.41) is 29.6. The molecule has 7 heteroatoms. The van der Waals surface area contributed by atoms with Crippen molar-refractivity contribution < 1.29 is 29.6 Å². The van der Waals surface area contributed by atoms with Crippen molar-refractivity contribution in [2.45, 2.75) is 12.5 Å². The Morgan fingerprint density at radius 3 is 1.95 bits per heavy atom. The van der Waals surface area contributed by atoms with E-state index in [0.29, 0.717) is 18.1 Å². The van der Waals surface area contributed by atoms with E-state index in [-0.39, 0.29) is 6.61 Å². The molecule has 0 unspecified atom stereocenters. The molecule has 1 rings (SSSR count). The average Bonchev–Trinajstić information content (AvgIpc) is 2.52. The summed E-state index contributed by atoms with van der Waals surface area (Å²) in [6.07, 6.45) is 0. The van der Waals surface area contributed by atoms with Crippen LogP contribution in [0.4, 0.5) is 0 Å². The van der Waals surface area contributed by atoms with E-state index in [9.17, 15) is 4.79 Å². The van der Waals surface area contributed by atoms with E-state index < -0.39 is 31.3 Å². The third-order valence-corrected chi connectivity index (χ3v) is 2.82. The highest BCUT2D eigenvalue weighted by Crippen LogP contribution is 2.17. The van der Waals surface area contributed by atoms with Crippen LogP contribution in [0.2, 0.25) is 0 Å². The van der Waals surface area contributed by atoms with Gasteiger partial charge in [0.15, 0.2) is 6.61 Å². The highest BCUT2D eigenvalue weighted by Gasteiger charge is 2.29. The van der Waals surface area contributed by atoms with Crippen molar-refractivity contribution in [1.82, 2.24) is 5.32 Å². The minimum absolute atomic E-state index is 0.296. The molecule has 0 aliphatic carbocycles. The summed E-state index contributed by atoms with van der Waals surface area (Å²) >= 11 is 0. The lowest BCUT2D eigenvalue weighted by molar-refractivity contribution is -0.127. The van der Waals surface area contributed by atoms with Crippen LogP contribution in [0.5, 0.6) is 11.5 Å². The minimum Gasteiger partial charge on any atom is -0.494 e. The second-order valence-electron chi connectivity index (χ2n) is 4.50. The van der Waals surface area contributed by atoms with Gasteiger partial charge in [-0.25, -0.2) is 0 Å². The van der Waals surface area contributed by atoms with E-state index in [1.807, 2.05) is 6.92 Å². The van der Waals surface area contributed by atoms with Crippen LogP contribution in [0.15, 0.2) is 24.3 Å². The largest absolute Gasteiger partial charge is 0.494 e. The zero-order chi connectivity index (χ0) is 15.7. The maximum absolute atomic E-state index is 11.7. The zero-order valence-electron chi connectivity index (χ0n) is 11.9. The van der Waals surface area contributed by atoms with Gasteiger partial charge in [0.25, 0.3) is 5.91 Å². The van der Waals surface area contributed by atoms with Crippen molar-refractivity contribution in [3.05, 3.63) is 24.3 Å². The number of carbonyl (C=O) groups excluding carboxylic acids is 1. The first-order valence-corrected chi connectivity index (χ1v) is 6.58. The number of rotatable bonds is 9. The fourth-order valence-electron chi connectivity index (χ4n) is 1.55. The zero-order valence-corrected chi connectivity index (χ0v) is 11.9. The van der Waals surface area contributed by atoms with Gasteiger partial charge in [-0.1, -0.05) is 0 Å². The van der Waals surface area contributed by atoms with Crippen molar-refractivity contribution in [2.75, 3.05) is 33.0 Å². The molecular formula is C14H21NO6. The molecule has 0 bridgehead atoms. The quantitative estimate of drug-likeness (QED) is 0.480. The monoisotopic (exact) mass is 299 g/mol. The van der Waals surface area contributed by atoms with Crippen LogP contribution in [0, 0.1) is 0 Å². The number of benzene rings is 1. The van der Waals surface area contributed by atoms with Gasteiger partial charge in [0.05, 0.1) is 26.4 Å². The smallest absolute Gasteiger partial charge is 0.258 e. The maximum atomic E-state index is 11.7. The fraction of sp³-hybridized carbons (Fsp3) is 0.500. The lowest BCUT2D eigenvalue weighted by atomic mass is 10.0. The molecule has 21 heavy (non-hydrogen) atoms. The molecule has 0 saturated heterocycles. The van der Waals surface area contributed by atoms with Crippen molar-refractivity contribution >= 4 is 5.91 Å². The highest BCUT2D eigenvalue weighted by molar-refractivity contribution is 5.78. The van der Waals surface area contributed by atoms with Crippen LogP contribution in [0.1, 0.15) is 6.92 Å². The van der Waals surface area contributed by atoms with Gasteiger partial charge >= 0.3 is 0 Å². The molecule has 0 spiro atoms. The summed E-state index contributed by atoms with van der Waals surface area (Å²) in [7, 11) is 0. The van der Waals surface area contributed by atoms with E-state index in [1.165, 1.54) is 0 Å². The molecule has 1 aromatic rings. The van der Waals surface area contributed by atoms with Gasteiger partial charge in [-0.3, -0.25) is 4.79 Å². The molecule has 1 aromatic carbocycles. The normalized spacial score (nSPS) is 11.0. The van der Waals surface area contributed by atoms with Crippen LogP contribution in [-0.4, -0.2) is 59.8 Å². The van der Waals surface area contributed by atoms with Gasteiger partial charge in [0, 0.05) is 0 Å². The predicted molar refractivity (Wildman–Crippen MR) is 75.2 cm³/mol.